The summed E-state index contributed by atoms with van der Waals surface area (Å²) in [5, 5.41) is 0.469. The van der Waals surface area contributed by atoms with Crippen LogP contribution in [0.3, 0.4) is 0 Å². The fraction of sp³-hybridized carbons (Fsp3) is 0.333. The van der Waals surface area contributed by atoms with Gasteiger partial charge in [-0.2, -0.15) is 0 Å². The van der Waals surface area contributed by atoms with E-state index < -0.39 is 10.0 Å². The van der Waals surface area contributed by atoms with Gasteiger partial charge in [-0.1, -0.05) is 33.6 Å². The molecule has 0 aliphatic heterocycles. The third-order valence-electron chi connectivity index (χ3n) is 1.91. The molecule has 0 saturated carbocycles. The van der Waals surface area contributed by atoms with Gasteiger partial charge in [-0.3, -0.25) is 0 Å². The molecule has 0 aromatic heterocycles. The Labute approximate surface area is 108 Å². The topological polar surface area (TPSA) is 55.4 Å². The molecule has 4 nitrogen and oxygen atoms in total. The van der Waals surface area contributed by atoms with E-state index in [1.54, 1.807) is 18.2 Å². The Balaban J connectivity index is 2.89. The Morgan fingerprint density at radius 3 is 2.75 bits per heavy atom. The number of nitrogens with one attached hydrogen (secondary N) is 1. The zero-order valence-corrected chi connectivity index (χ0v) is 11.7. The smallest absolute Gasteiger partial charge is 0.221 e. The molecule has 1 aromatic carbocycles. The van der Waals surface area contributed by atoms with Crippen LogP contribution in [0.2, 0.25) is 5.02 Å². The van der Waals surface area contributed by atoms with Crippen LogP contribution in [0, 0.1) is 0 Å². The minimum atomic E-state index is -3.31. The van der Waals surface area contributed by atoms with E-state index in [1.165, 1.54) is 7.11 Å². The van der Waals surface area contributed by atoms with E-state index in [2.05, 4.69) is 20.7 Å². The van der Waals surface area contributed by atoms with Crippen molar-refractivity contribution in [1.82, 2.24) is 4.72 Å². The number of hydrogen-bond donors (Lipinski definition) is 1. The van der Waals surface area contributed by atoms with Crippen LogP contribution >= 0.6 is 27.5 Å². The van der Waals surface area contributed by atoms with Crippen LogP contribution < -0.4 is 9.46 Å². The van der Waals surface area contributed by atoms with Gasteiger partial charge in [-0.05, 0) is 12.1 Å². The van der Waals surface area contributed by atoms with E-state index in [0.717, 1.165) is 0 Å². The molecule has 0 saturated heterocycles. The van der Waals surface area contributed by atoms with Crippen molar-refractivity contribution in [1.29, 1.82) is 0 Å². The van der Waals surface area contributed by atoms with Gasteiger partial charge < -0.3 is 4.74 Å². The summed E-state index contributed by atoms with van der Waals surface area (Å²) in [5.74, 6) is 0.560. The summed E-state index contributed by atoms with van der Waals surface area (Å²) in [6.45, 7) is 0.108. The summed E-state index contributed by atoms with van der Waals surface area (Å²) in [7, 11) is -1.80. The molecule has 0 radical (unpaired) electrons. The van der Waals surface area contributed by atoms with Gasteiger partial charge >= 0.3 is 0 Å². The highest BCUT2D eigenvalue weighted by Crippen LogP contribution is 2.26. The number of sulfonamides is 1. The van der Waals surface area contributed by atoms with Crippen LogP contribution in [-0.2, 0) is 16.6 Å². The monoisotopic (exact) mass is 327 g/mol. The lowest BCUT2D eigenvalue weighted by Crippen LogP contribution is -2.24. The molecule has 1 aromatic rings. The number of rotatable bonds is 5. The lowest BCUT2D eigenvalue weighted by Gasteiger charge is -2.10. The second-order valence-corrected chi connectivity index (χ2v) is 6.48. The molecular formula is C9H11BrClNO3S. The van der Waals surface area contributed by atoms with Crippen LogP contribution in [0.15, 0.2) is 18.2 Å². The first-order chi connectivity index (χ1) is 7.50. The minimum absolute atomic E-state index is 0.108. The van der Waals surface area contributed by atoms with Crippen molar-refractivity contribution in [3.8, 4) is 5.75 Å². The molecular weight excluding hydrogens is 318 g/mol. The fourth-order valence-corrected chi connectivity index (χ4v) is 2.28. The molecule has 0 fully saturated rings. The summed E-state index contributed by atoms with van der Waals surface area (Å²) in [6, 6.07) is 5.15. The first kappa shape index (κ1) is 13.8. The zero-order valence-electron chi connectivity index (χ0n) is 8.54. The first-order valence-corrected chi connectivity index (χ1v) is 7.50. The van der Waals surface area contributed by atoms with Crippen LogP contribution in [0.1, 0.15) is 5.56 Å². The maximum Gasteiger partial charge on any atom is 0.221 e. The summed E-state index contributed by atoms with van der Waals surface area (Å²) in [4.78, 5) is 0. The minimum Gasteiger partial charge on any atom is -0.496 e. The molecule has 0 unspecified atom stereocenters. The summed E-state index contributed by atoms with van der Waals surface area (Å²) >= 11 is 8.84. The molecule has 0 bridgehead atoms. The quantitative estimate of drug-likeness (QED) is 0.842. The van der Waals surface area contributed by atoms with E-state index in [9.17, 15) is 8.42 Å². The number of alkyl halides is 1. The van der Waals surface area contributed by atoms with Gasteiger partial charge in [0, 0.05) is 17.1 Å². The zero-order chi connectivity index (χ0) is 12.2. The summed E-state index contributed by atoms with van der Waals surface area (Å²) in [5.41, 5.74) is 0.621. The molecule has 1 rings (SSSR count). The maximum atomic E-state index is 11.2. The second kappa shape index (κ2) is 5.86. The van der Waals surface area contributed by atoms with Crippen molar-refractivity contribution in [2.24, 2.45) is 0 Å². The molecule has 0 heterocycles. The molecule has 0 atom stereocenters. The van der Waals surface area contributed by atoms with Gasteiger partial charge in [0.15, 0.2) is 0 Å². The average molecular weight is 329 g/mol. The lowest BCUT2D eigenvalue weighted by molar-refractivity contribution is 0.409. The van der Waals surface area contributed by atoms with Crippen molar-refractivity contribution < 1.29 is 13.2 Å². The second-order valence-electron chi connectivity index (χ2n) is 2.97. The first-order valence-electron chi connectivity index (χ1n) is 4.35. The van der Waals surface area contributed by atoms with Gasteiger partial charge in [0.1, 0.15) is 10.4 Å². The largest absolute Gasteiger partial charge is 0.496 e. The third kappa shape index (κ3) is 3.62. The molecule has 0 aliphatic carbocycles. The Bertz CT molecular complexity index is 464. The van der Waals surface area contributed by atoms with Crippen molar-refractivity contribution in [3.05, 3.63) is 28.8 Å². The number of methoxy groups -OCH3 is 1. The molecule has 1 N–H and O–H groups in total. The predicted molar refractivity (Wildman–Crippen MR) is 67.6 cm³/mol. The van der Waals surface area contributed by atoms with E-state index in [4.69, 9.17) is 16.3 Å². The predicted octanol–water partition coefficient (Wildman–Crippen LogP) is 2.12. The van der Waals surface area contributed by atoms with Crippen molar-refractivity contribution in [2.75, 3.05) is 11.8 Å². The van der Waals surface area contributed by atoms with E-state index >= 15 is 0 Å². The molecule has 0 aliphatic rings. The van der Waals surface area contributed by atoms with Gasteiger partial charge in [0.25, 0.3) is 0 Å². The normalized spacial score (nSPS) is 11.4. The Kier molecular flexibility index (Phi) is 5.04. The van der Waals surface area contributed by atoms with Crippen molar-refractivity contribution in [2.45, 2.75) is 6.54 Å². The highest BCUT2D eigenvalue weighted by Gasteiger charge is 2.12. The van der Waals surface area contributed by atoms with Crippen LogP contribution in [0.4, 0.5) is 0 Å². The van der Waals surface area contributed by atoms with Gasteiger partial charge in [0.2, 0.25) is 10.0 Å². The van der Waals surface area contributed by atoms with E-state index in [1.807, 2.05) is 0 Å². The van der Waals surface area contributed by atoms with E-state index in [0.29, 0.717) is 16.3 Å². The number of ether oxygens (including phenoxy) is 1. The SMILES string of the molecule is COc1cccc(Cl)c1CNS(=O)(=O)CBr. The van der Waals surface area contributed by atoms with Crippen LogP contribution in [0.5, 0.6) is 5.75 Å². The highest BCUT2D eigenvalue weighted by molar-refractivity contribution is 9.10. The highest BCUT2D eigenvalue weighted by atomic mass is 79.9. The fourth-order valence-electron chi connectivity index (χ4n) is 1.12. The van der Waals surface area contributed by atoms with E-state index in [-0.39, 0.29) is 11.2 Å². The number of benzene rings is 1. The summed E-state index contributed by atoms with van der Waals surface area (Å²) in [6.07, 6.45) is 0. The van der Waals surface area contributed by atoms with Crippen LogP contribution in [-0.4, -0.2) is 20.2 Å². The molecule has 90 valence electrons. The number of halogens is 2. The lowest BCUT2D eigenvalue weighted by atomic mass is 10.2. The van der Waals surface area contributed by atoms with Gasteiger partial charge in [-0.15, -0.1) is 0 Å². The number of hydrogen-bond acceptors (Lipinski definition) is 3. The molecule has 16 heavy (non-hydrogen) atoms. The van der Waals surface area contributed by atoms with Gasteiger partial charge in [0.05, 0.1) is 7.11 Å². The third-order valence-corrected chi connectivity index (χ3v) is 4.94. The van der Waals surface area contributed by atoms with Crippen LogP contribution in [0.25, 0.3) is 0 Å². The molecule has 7 heteroatoms. The molecule has 0 amide bonds. The Hall–Kier alpha value is -0.300. The van der Waals surface area contributed by atoms with Gasteiger partial charge in [-0.25, -0.2) is 13.1 Å². The van der Waals surface area contributed by atoms with Crippen molar-refractivity contribution in [3.63, 3.8) is 0 Å². The summed E-state index contributed by atoms with van der Waals surface area (Å²) < 4.78 is 29.8. The molecule has 0 spiro atoms. The average Bonchev–Trinajstić information content (AvgIpc) is 2.27. The Morgan fingerprint density at radius 2 is 2.19 bits per heavy atom. The Morgan fingerprint density at radius 1 is 1.50 bits per heavy atom. The van der Waals surface area contributed by atoms with Crippen molar-refractivity contribution >= 4 is 37.6 Å². The maximum absolute atomic E-state index is 11.2. The standard InChI is InChI=1S/C9H11BrClNO3S/c1-15-9-4-2-3-8(11)7(9)5-12-16(13,14)6-10/h2-4,12H,5-6H2,1H3.